The van der Waals surface area contributed by atoms with Crippen molar-refractivity contribution in [2.75, 3.05) is 26.2 Å². The van der Waals surface area contributed by atoms with Crippen LogP contribution in [-0.2, 0) is 4.79 Å². The number of hydrogen-bond acceptors (Lipinski definition) is 2. The Labute approximate surface area is 93.4 Å². The van der Waals surface area contributed by atoms with Gasteiger partial charge in [-0.2, -0.15) is 0 Å². The summed E-state index contributed by atoms with van der Waals surface area (Å²) in [5.41, 5.74) is 0. The first-order valence-corrected chi connectivity index (χ1v) is 6.24. The molecule has 0 radical (unpaired) electrons. The lowest BCUT2D eigenvalue weighted by molar-refractivity contribution is -0.132. The predicted molar refractivity (Wildman–Crippen MR) is 62.8 cm³/mol. The van der Waals surface area contributed by atoms with Gasteiger partial charge in [0.1, 0.15) is 0 Å². The molecular weight excluding hydrogens is 188 g/mol. The summed E-state index contributed by atoms with van der Waals surface area (Å²) < 4.78 is 0. The van der Waals surface area contributed by atoms with Crippen molar-refractivity contribution in [1.82, 2.24) is 9.80 Å². The van der Waals surface area contributed by atoms with Crippen molar-refractivity contribution >= 4 is 5.91 Å². The van der Waals surface area contributed by atoms with E-state index >= 15 is 0 Å². The van der Waals surface area contributed by atoms with Gasteiger partial charge in [0.15, 0.2) is 0 Å². The molecule has 1 aliphatic rings. The van der Waals surface area contributed by atoms with E-state index in [1.165, 1.54) is 12.8 Å². The summed E-state index contributed by atoms with van der Waals surface area (Å²) in [6.45, 7) is 10.4. The van der Waals surface area contributed by atoms with Gasteiger partial charge in [0.2, 0.25) is 5.91 Å². The molecule has 0 N–H and O–H groups in total. The van der Waals surface area contributed by atoms with E-state index in [1.807, 2.05) is 11.8 Å². The summed E-state index contributed by atoms with van der Waals surface area (Å²) in [6, 6.07) is 0.712. The molecule has 0 saturated carbocycles. The summed E-state index contributed by atoms with van der Waals surface area (Å²) in [6.07, 6.45) is 3.08. The molecule has 0 atom stereocenters. The van der Waals surface area contributed by atoms with Gasteiger partial charge in [0.05, 0.1) is 0 Å². The molecule has 0 aromatic heterocycles. The van der Waals surface area contributed by atoms with Gasteiger partial charge in [-0.25, -0.2) is 0 Å². The first-order valence-electron chi connectivity index (χ1n) is 6.24. The number of hydrogen-bond donors (Lipinski definition) is 0. The molecule has 1 heterocycles. The Morgan fingerprint density at radius 1 is 1.07 bits per heavy atom. The Morgan fingerprint density at radius 3 is 2.00 bits per heavy atom. The van der Waals surface area contributed by atoms with Crippen LogP contribution < -0.4 is 0 Å². The Kier molecular flexibility index (Phi) is 5.09. The zero-order chi connectivity index (χ0) is 11.3. The predicted octanol–water partition coefficient (Wildman–Crippen LogP) is 1.73. The normalized spacial score (nSPS) is 18.5. The molecule has 0 unspecified atom stereocenters. The van der Waals surface area contributed by atoms with Gasteiger partial charge in [0, 0.05) is 38.6 Å². The summed E-state index contributed by atoms with van der Waals surface area (Å²) in [5, 5.41) is 0. The lowest BCUT2D eigenvalue weighted by Crippen LogP contribution is -2.51. The fourth-order valence-corrected chi connectivity index (χ4v) is 2.37. The number of carbonyl (C=O) groups excluding carboxylic acids is 1. The van der Waals surface area contributed by atoms with Crippen molar-refractivity contribution in [3.8, 4) is 0 Å². The van der Waals surface area contributed by atoms with E-state index in [-0.39, 0.29) is 0 Å². The SMILES string of the molecule is CCC(=O)N1CCN(C(CC)CC)CC1. The second kappa shape index (κ2) is 6.11. The van der Waals surface area contributed by atoms with Crippen LogP contribution >= 0.6 is 0 Å². The number of amides is 1. The molecule has 1 rings (SSSR count). The van der Waals surface area contributed by atoms with E-state index in [4.69, 9.17) is 0 Å². The molecule has 0 aromatic carbocycles. The molecule has 0 aliphatic carbocycles. The number of carbonyl (C=O) groups is 1. The fourth-order valence-electron chi connectivity index (χ4n) is 2.37. The Morgan fingerprint density at radius 2 is 1.60 bits per heavy atom. The molecule has 1 saturated heterocycles. The van der Waals surface area contributed by atoms with Gasteiger partial charge < -0.3 is 4.90 Å². The van der Waals surface area contributed by atoms with E-state index in [9.17, 15) is 4.79 Å². The Balaban J connectivity index is 2.38. The van der Waals surface area contributed by atoms with Crippen LogP contribution in [0.2, 0.25) is 0 Å². The van der Waals surface area contributed by atoms with E-state index in [0.29, 0.717) is 18.4 Å². The van der Waals surface area contributed by atoms with Gasteiger partial charge >= 0.3 is 0 Å². The van der Waals surface area contributed by atoms with Crippen LogP contribution in [0, 0.1) is 0 Å². The van der Waals surface area contributed by atoms with Crippen molar-refractivity contribution in [1.29, 1.82) is 0 Å². The Bertz CT molecular complexity index is 194. The first-order chi connectivity index (χ1) is 7.22. The quantitative estimate of drug-likeness (QED) is 0.708. The minimum Gasteiger partial charge on any atom is -0.340 e. The molecule has 1 aliphatic heterocycles. The molecule has 0 aromatic rings. The van der Waals surface area contributed by atoms with Crippen molar-refractivity contribution in [3.05, 3.63) is 0 Å². The second-order valence-electron chi connectivity index (χ2n) is 4.24. The average Bonchev–Trinajstić information content (AvgIpc) is 2.30. The maximum absolute atomic E-state index is 11.5. The van der Waals surface area contributed by atoms with Gasteiger partial charge in [-0.3, -0.25) is 9.69 Å². The average molecular weight is 212 g/mol. The third kappa shape index (κ3) is 3.20. The van der Waals surface area contributed by atoms with E-state index in [1.54, 1.807) is 0 Å². The van der Waals surface area contributed by atoms with Gasteiger partial charge in [0.25, 0.3) is 0 Å². The molecule has 0 spiro atoms. The molecule has 1 fully saturated rings. The topological polar surface area (TPSA) is 23.6 Å². The summed E-state index contributed by atoms with van der Waals surface area (Å²) in [4.78, 5) is 16.0. The lowest BCUT2D eigenvalue weighted by atomic mass is 10.1. The Hall–Kier alpha value is -0.570. The van der Waals surface area contributed by atoms with Crippen molar-refractivity contribution in [2.45, 2.75) is 46.1 Å². The van der Waals surface area contributed by atoms with Crippen LogP contribution in [0.1, 0.15) is 40.0 Å². The number of rotatable bonds is 4. The lowest BCUT2D eigenvalue weighted by Gasteiger charge is -2.38. The number of piperazine rings is 1. The van der Waals surface area contributed by atoms with Gasteiger partial charge in [-0.05, 0) is 12.8 Å². The second-order valence-corrected chi connectivity index (χ2v) is 4.24. The monoisotopic (exact) mass is 212 g/mol. The van der Waals surface area contributed by atoms with E-state index < -0.39 is 0 Å². The van der Waals surface area contributed by atoms with Crippen LogP contribution in [0.15, 0.2) is 0 Å². The molecule has 88 valence electrons. The third-order valence-electron chi connectivity index (χ3n) is 3.43. The summed E-state index contributed by atoms with van der Waals surface area (Å²) >= 11 is 0. The zero-order valence-electron chi connectivity index (χ0n) is 10.3. The molecule has 1 amide bonds. The standard InChI is InChI=1S/C12H24N2O/c1-4-11(5-2)13-7-9-14(10-8-13)12(15)6-3/h11H,4-10H2,1-3H3. The van der Waals surface area contributed by atoms with Crippen LogP contribution in [-0.4, -0.2) is 47.9 Å². The smallest absolute Gasteiger partial charge is 0.222 e. The number of nitrogens with zero attached hydrogens (tertiary/aromatic N) is 2. The van der Waals surface area contributed by atoms with Crippen molar-refractivity contribution in [3.63, 3.8) is 0 Å². The molecule has 0 bridgehead atoms. The van der Waals surface area contributed by atoms with E-state index in [0.717, 1.165) is 26.2 Å². The molecule has 3 nitrogen and oxygen atoms in total. The molecular formula is C12H24N2O. The van der Waals surface area contributed by atoms with Crippen LogP contribution in [0.4, 0.5) is 0 Å². The van der Waals surface area contributed by atoms with Crippen molar-refractivity contribution in [2.24, 2.45) is 0 Å². The van der Waals surface area contributed by atoms with Gasteiger partial charge in [-0.1, -0.05) is 20.8 Å². The third-order valence-corrected chi connectivity index (χ3v) is 3.43. The molecule has 3 heteroatoms. The van der Waals surface area contributed by atoms with Crippen LogP contribution in [0.3, 0.4) is 0 Å². The van der Waals surface area contributed by atoms with Crippen LogP contribution in [0.5, 0.6) is 0 Å². The van der Waals surface area contributed by atoms with Crippen LogP contribution in [0.25, 0.3) is 0 Å². The van der Waals surface area contributed by atoms with Gasteiger partial charge in [-0.15, -0.1) is 0 Å². The highest BCUT2D eigenvalue weighted by molar-refractivity contribution is 5.75. The first kappa shape index (κ1) is 12.5. The van der Waals surface area contributed by atoms with E-state index in [2.05, 4.69) is 18.7 Å². The zero-order valence-corrected chi connectivity index (χ0v) is 10.3. The highest BCUT2D eigenvalue weighted by Gasteiger charge is 2.23. The summed E-state index contributed by atoms with van der Waals surface area (Å²) in [7, 11) is 0. The minimum atomic E-state index is 0.305. The molecule has 15 heavy (non-hydrogen) atoms. The highest BCUT2D eigenvalue weighted by Crippen LogP contribution is 2.12. The minimum absolute atomic E-state index is 0.305. The summed E-state index contributed by atoms with van der Waals surface area (Å²) in [5.74, 6) is 0.305. The highest BCUT2D eigenvalue weighted by atomic mass is 16.2. The fraction of sp³-hybridized carbons (Fsp3) is 0.917. The maximum Gasteiger partial charge on any atom is 0.222 e. The maximum atomic E-state index is 11.5. The van der Waals surface area contributed by atoms with Crippen molar-refractivity contribution < 1.29 is 4.79 Å². The largest absolute Gasteiger partial charge is 0.340 e.